The third-order valence-electron chi connectivity index (χ3n) is 2.86. The van der Waals surface area contributed by atoms with Crippen molar-refractivity contribution in [1.82, 2.24) is 0 Å². The molecule has 0 aliphatic carbocycles. The van der Waals surface area contributed by atoms with Gasteiger partial charge in [0.25, 0.3) is 0 Å². The van der Waals surface area contributed by atoms with Crippen LogP contribution in [0, 0.1) is 11.8 Å². The molecule has 0 radical (unpaired) electrons. The van der Waals surface area contributed by atoms with Crippen LogP contribution in [-0.4, -0.2) is 13.1 Å². The van der Waals surface area contributed by atoms with E-state index in [0.717, 1.165) is 13.2 Å². The third-order valence-corrected chi connectivity index (χ3v) is 2.86. The van der Waals surface area contributed by atoms with Gasteiger partial charge >= 0.3 is 12.1 Å². The molecule has 2 rings (SSSR count). The number of ether oxygens (including phenoxy) is 1. The molecule has 0 atom stereocenters. The monoisotopic (exact) mass is 304 g/mol. The van der Waals surface area contributed by atoms with Crippen molar-refractivity contribution in [2.75, 3.05) is 7.11 Å². The number of alkyl halides is 3. The maximum absolute atomic E-state index is 13.1. The second-order valence-electron chi connectivity index (χ2n) is 4.37. The van der Waals surface area contributed by atoms with Gasteiger partial charge in [0.1, 0.15) is 0 Å². The average molecular weight is 304 g/mol. The van der Waals surface area contributed by atoms with Crippen molar-refractivity contribution in [3.05, 3.63) is 70.8 Å². The maximum Gasteiger partial charge on any atom is 0.417 e. The number of carbonyl (C=O) groups excluding carboxylic acids is 1. The molecule has 0 N–H and O–H groups in total. The Balaban J connectivity index is 2.48. The van der Waals surface area contributed by atoms with Gasteiger partial charge in [0.2, 0.25) is 0 Å². The van der Waals surface area contributed by atoms with Gasteiger partial charge in [-0.2, -0.15) is 13.2 Å². The molecular formula is C17H11F3O2. The van der Waals surface area contributed by atoms with E-state index in [-0.39, 0.29) is 11.1 Å². The van der Waals surface area contributed by atoms with Crippen molar-refractivity contribution >= 4 is 5.97 Å². The molecular weight excluding hydrogens is 293 g/mol. The van der Waals surface area contributed by atoms with E-state index in [1.807, 2.05) is 0 Å². The SMILES string of the molecule is COC(=O)c1ccc(C#Cc2ccccc2)c(C(F)(F)F)c1. The first kappa shape index (κ1) is 15.6. The van der Waals surface area contributed by atoms with Crippen LogP contribution >= 0.6 is 0 Å². The summed E-state index contributed by atoms with van der Waals surface area (Å²) in [4.78, 5) is 11.4. The van der Waals surface area contributed by atoms with Crippen molar-refractivity contribution in [3.63, 3.8) is 0 Å². The minimum atomic E-state index is -4.61. The molecule has 2 aromatic rings. The highest BCUT2D eigenvalue weighted by Crippen LogP contribution is 2.32. The molecule has 5 heteroatoms. The number of carbonyl (C=O) groups is 1. The summed E-state index contributed by atoms with van der Waals surface area (Å²) >= 11 is 0. The number of hydrogen-bond donors (Lipinski definition) is 0. The fourth-order valence-corrected chi connectivity index (χ4v) is 1.79. The third kappa shape index (κ3) is 3.67. The van der Waals surface area contributed by atoms with Gasteiger partial charge < -0.3 is 4.74 Å². The molecule has 2 aromatic carbocycles. The number of methoxy groups -OCH3 is 1. The van der Waals surface area contributed by atoms with Crippen LogP contribution in [0.25, 0.3) is 0 Å². The summed E-state index contributed by atoms with van der Waals surface area (Å²) < 4.78 is 43.7. The topological polar surface area (TPSA) is 26.3 Å². The number of halogens is 3. The molecule has 0 saturated heterocycles. The summed E-state index contributed by atoms with van der Waals surface area (Å²) in [7, 11) is 1.11. The summed E-state index contributed by atoms with van der Waals surface area (Å²) in [6, 6.07) is 11.9. The molecule has 2 nitrogen and oxygen atoms in total. The standard InChI is InChI=1S/C17H11F3O2/c1-22-16(21)14-10-9-13(15(11-14)17(18,19)20)8-7-12-5-3-2-4-6-12/h2-6,9-11H,1H3. The van der Waals surface area contributed by atoms with Gasteiger partial charge in [-0.3, -0.25) is 0 Å². The molecule has 0 aliphatic heterocycles. The Labute approximate surface area is 125 Å². The van der Waals surface area contributed by atoms with Gasteiger partial charge in [-0.1, -0.05) is 30.0 Å². The second kappa shape index (κ2) is 6.35. The molecule has 22 heavy (non-hydrogen) atoms. The highest BCUT2D eigenvalue weighted by atomic mass is 19.4. The Kier molecular flexibility index (Phi) is 4.52. The fraction of sp³-hybridized carbons (Fsp3) is 0.118. The highest BCUT2D eigenvalue weighted by Gasteiger charge is 2.34. The van der Waals surface area contributed by atoms with E-state index >= 15 is 0 Å². The van der Waals surface area contributed by atoms with E-state index in [9.17, 15) is 18.0 Å². The lowest BCUT2D eigenvalue weighted by Gasteiger charge is -2.10. The van der Waals surface area contributed by atoms with Crippen molar-refractivity contribution < 1.29 is 22.7 Å². The Bertz CT molecular complexity index is 738. The predicted octanol–water partition coefficient (Wildman–Crippen LogP) is 3.89. The summed E-state index contributed by atoms with van der Waals surface area (Å²) in [5, 5.41) is 0. The number of esters is 1. The predicted molar refractivity (Wildman–Crippen MR) is 75.2 cm³/mol. The van der Waals surface area contributed by atoms with Gasteiger partial charge in [-0.15, -0.1) is 0 Å². The van der Waals surface area contributed by atoms with E-state index in [1.54, 1.807) is 30.3 Å². The van der Waals surface area contributed by atoms with Crippen LogP contribution in [0.2, 0.25) is 0 Å². The van der Waals surface area contributed by atoms with Crippen molar-refractivity contribution in [2.45, 2.75) is 6.18 Å². The molecule has 0 bridgehead atoms. The van der Waals surface area contributed by atoms with Gasteiger partial charge in [0.15, 0.2) is 0 Å². The van der Waals surface area contributed by atoms with Crippen LogP contribution in [0.4, 0.5) is 13.2 Å². The van der Waals surface area contributed by atoms with Crippen LogP contribution in [0.3, 0.4) is 0 Å². The molecule has 0 amide bonds. The van der Waals surface area contributed by atoms with Crippen molar-refractivity contribution in [3.8, 4) is 11.8 Å². The van der Waals surface area contributed by atoms with E-state index in [4.69, 9.17) is 0 Å². The van der Waals surface area contributed by atoms with Gasteiger partial charge in [0.05, 0.1) is 18.2 Å². The first-order valence-corrected chi connectivity index (χ1v) is 6.28. The molecule has 0 unspecified atom stereocenters. The summed E-state index contributed by atoms with van der Waals surface area (Å²) in [6.45, 7) is 0. The van der Waals surface area contributed by atoms with E-state index < -0.39 is 17.7 Å². The zero-order chi connectivity index (χ0) is 16.2. The van der Waals surface area contributed by atoms with E-state index in [2.05, 4.69) is 16.6 Å². The highest BCUT2D eigenvalue weighted by molar-refractivity contribution is 5.89. The molecule has 0 fully saturated rings. The van der Waals surface area contributed by atoms with E-state index in [1.165, 1.54) is 12.1 Å². The van der Waals surface area contributed by atoms with Gasteiger partial charge in [0, 0.05) is 11.1 Å². The normalized spacial score (nSPS) is 10.5. The quantitative estimate of drug-likeness (QED) is 0.590. The zero-order valence-corrected chi connectivity index (χ0v) is 11.6. The Morgan fingerprint density at radius 1 is 1.05 bits per heavy atom. The molecule has 0 spiro atoms. The molecule has 0 aliphatic rings. The largest absolute Gasteiger partial charge is 0.465 e. The lowest BCUT2D eigenvalue weighted by atomic mass is 10.0. The zero-order valence-electron chi connectivity index (χ0n) is 11.6. The Hall–Kier alpha value is -2.74. The number of benzene rings is 2. The van der Waals surface area contributed by atoms with E-state index in [0.29, 0.717) is 5.56 Å². The van der Waals surface area contributed by atoms with Crippen molar-refractivity contribution in [1.29, 1.82) is 0 Å². The van der Waals surface area contributed by atoms with Crippen LogP contribution in [0.15, 0.2) is 48.5 Å². The number of rotatable bonds is 1. The summed E-state index contributed by atoms with van der Waals surface area (Å²) in [5.41, 5.74) is -0.712. The molecule has 0 heterocycles. The smallest absolute Gasteiger partial charge is 0.417 e. The van der Waals surface area contributed by atoms with Crippen LogP contribution in [0.5, 0.6) is 0 Å². The molecule has 0 aromatic heterocycles. The minimum absolute atomic E-state index is 0.167. The Morgan fingerprint density at radius 3 is 2.32 bits per heavy atom. The summed E-state index contributed by atoms with van der Waals surface area (Å²) in [6.07, 6.45) is -4.61. The molecule has 112 valence electrons. The van der Waals surface area contributed by atoms with Gasteiger partial charge in [-0.05, 0) is 30.3 Å². The summed E-state index contributed by atoms with van der Waals surface area (Å²) in [5.74, 6) is 4.34. The first-order valence-electron chi connectivity index (χ1n) is 6.28. The van der Waals surface area contributed by atoms with Crippen molar-refractivity contribution in [2.24, 2.45) is 0 Å². The Morgan fingerprint density at radius 2 is 1.73 bits per heavy atom. The number of hydrogen-bond acceptors (Lipinski definition) is 2. The minimum Gasteiger partial charge on any atom is -0.465 e. The average Bonchev–Trinajstić information content (AvgIpc) is 2.52. The second-order valence-corrected chi connectivity index (χ2v) is 4.37. The van der Waals surface area contributed by atoms with Crippen LogP contribution in [-0.2, 0) is 10.9 Å². The van der Waals surface area contributed by atoms with Gasteiger partial charge in [-0.25, -0.2) is 4.79 Å². The fourth-order valence-electron chi connectivity index (χ4n) is 1.79. The lowest BCUT2D eigenvalue weighted by Crippen LogP contribution is -2.11. The van der Waals surface area contributed by atoms with Crippen LogP contribution in [0.1, 0.15) is 27.0 Å². The maximum atomic E-state index is 13.1. The lowest BCUT2D eigenvalue weighted by molar-refractivity contribution is -0.137. The van der Waals surface area contributed by atoms with Crippen LogP contribution < -0.4 is 0 Å². The first-order chi connectivity index (χ1) is 10.4. The molecule has 0 saturated carbocycles.